The molecule has 0 aromatic carbocycles. The van der Waals surface area contributed by atoms with E-state index in [1.165, 1.54) is 0 Å². The summed E-state index contributed by atoms with van der Waals surface area (Å²) in [6.07, 6.45) is 1.92. The monoisotopic (exact) mass is 280 g/mol. The molecule has 1 aromatic heterocycles. The zero-order valence-corrected chi connectivity index (χ0v) is 12.9. The van der Waals surface area contributed by atoms with E-state index in [0.29, 0.717) is 12.4 Å². The molecule has 20 heavy (non-hydrogen) atoms. The lowest BCUT2D eigenvalue weighted by atomic mass is 9.94. The van der Waals surface area contributed by atoms with Crippen LogP contribution in [0.5, 0.6) is 0 Å². The van der Waals surface area contributed by atoms with Crippen LogP contribution in [-0.4, -0.2) is 31.9 Å². The van der Waals surface area contributed by atoms with Crippen LogP contribution in [0.1, 0.15) is 45.3 Å². The Balaban J connectivity index is 2.21. The maximum absolute atomic E-state index is 12.5. The maximum atomic E-state index is 12.5. The Hall–Kier alpha value is -1.43. The van der Waals surface area contributed by atoms with Crippen molar-refractivity contribution in [1.82, 2.24) is 14.8 Å². The highest BCUT2D eigenvalue weighted by Crippen LogP contribution is 2.40. The topological polar surface area (TPSA) is 83.0 Å². The first-order valence-electron chi connectivity index (χ1n) is 7.02. The van der Waals surface area contributed by atoms with E-state index >= 15 is 0 Å². The third kappa shape index (κ3) is 3.17. The van der Waals surface area contributed by atoms with E-state index in [-0.39, 0.29) is 11.9 Å². The van der Waals surface area contributed by atoms with Gasteiger partial charge in [0.15, 0.2) is 0 Å². The van der Waals surface area contributed by atoms with E-state index < -0.39 is 11.1 Å². The molecule has 1 saturated carbocycles. The summed E-state index contributed by atoms with van der Waals surface area (Å²) in [5, 5.41) is 4.30. The van der Waals surface area contributed by atoms with Crippen molar-refractivity contribution in [3.63, 3.8) is 0 Å². The number of carbonyl (C=O) groups is 1. The van der Waals surface area contributed by atoms with Crippen LogP contribution in [0.25, 0.3) is 0 Å². The number of hydrogen-bond donors (Lipinski definition) is 1. The minimum atomic E-state index is -1.02. The van der Waals surface area contributed by atoms with Crippen molar-refractivity contribution < 1.29 is 9.53 Å². The zero-order valence-electron chi connectivity index (χ0n) is 12.9. The predicted octanol–water partition coefficient (Wildman–Crippen LogP) is 1.34. The number of nitrogens with zero attached hydrogens (tertiary/aromatic N) is 3. The number of nitrogens with two attached hydrogens (primary N) is 1. The number of rotatable bonds is 4. The minimum Gasteiger partial charge on any atom is -0.459 e. The van der Waals surface area contributed by atoms with Crippen molar-refractivity contribution in [2.24, 2.45) is 11.7 Å². The van der Waals surface area contributed by atoms with Gasteiger partial charge >= 0.3 is 5.97 Å². The molecule has 0 amide bonds. The molecule has 0 radical (unpaired) electrons. The highest BCUT2D eigenvalue weighted by Gasteiger charge is 2.50. The first kappa shape index (κ1) is 15.0. The standard InChI is InChI=1S/C14H24N4O2/c1-9-16-10(2)18(17-9)8-14(15,11-6-7-11)12(19)20-13(3,4)5/h11H,6-8,15H2,1-5H3. The number of carbonyl (C=O) groups excluding carboxylic acids is 1. The van der Waals surface area contributed by atoms with Crippen LogP contribution < -0.4 is 5.73 Å². The summed E-state index contributed by atoms with van der Waals surface area (Å²) in [5.74, 6) is 1.27. The summed E-state index contributed by atoms with van der Waals surface area (Å²) in [5.41, 5.74) is 4.85. The summed E-state index contributed by atoms with van der Waals surface area (Å²) in [4.78, 5) is 16.7. The Morgan fingerprint density at radius 3 is 2.40 bits per heavy atom. The number of esters is 1. The van der Waals surface area contributed by atoms with Gasteiger partial charge in [-0.15, -0.1) is 0 Å². The molecule has 0 bridgehead atoms. The third-order valence-electron chi connectivity index (χ3n) is 3.46. The van der Waals surface area contributed by atoms with Gasteiger partial charge < -0.3 is 10.5 Å². The zero-order chi connectivity index (χ0) is 15.1. The molecule has 0 spiro atoms. The van der Waals surface area contributed by atoms with Gasteiger partial charge in [-0.2, -0.15) is 5.10 Å². The van der Waals surface area contributed by atoms with Gasteiger partial charge in [0.05, 0.1) is 6.54 Å². The SMILES string of the molecule is Cc1nc(C)n(CC(N)(C(=O)OC(C)(C)C)C2CC2)n1. The molecular weight excluding hydrogens is 256 g/mol. The molecule has 0 aliphatic heterocycles. The lowest BCUT2D eigenvalue weighted by molar-refractivity contribution is -0.163. The molecule has 1 atom stereocenters. The number of aromatic nitrogens is 3. The molecule has 2 N–H and O–H groups in total. The first-order chi connectivity index (χ1) is 9.12. The van der Waals surface area contributed by atoms with E-state index in [1.807, 2.05) is 34.6 Å². The van der Waals surface area contributed by atoms with Crippen LogP contribution in [0.2, 0.25) is 0 Å². The van der Waals surface area contributed by atoms with Crippen LogP contribution in [0.4, 0.5) is 0 Å². The highest BCUT2D eigenvalue weighted by atomic mass is 16.6. The molecule has 1 fully saturated rings. The fourth-order valence-electron chi connectivity index (χ4n) is 2.29. The van der Waals surface area contributed by atoms with Gasteiger partial charge in [0, 0.05) is 0 Å². The normalized spacial score (nSPS) is 18.7. The van der Waals surface area contributed by atoms with Crippen molar-refractivity contribution in [1.29, 1.82) is 0 Å². The van der Waals surface area contributed by atoms with Crippen LogP contribution in [-0.2, 0) is 16.1 Å². The van der Waals surface area contributed by atoms with Gasteiger partial charge in [0.25, 0.3) is 0 Å². The summed E-state index contributed by atoms with van der Waals surface area (Å²) in [7, 11) is 0. The second-order valence-corrected chi connectivity index (χ2v) is 6.68. The average Bonchev–Trinajstić information content (AvgIpc) is 3.05. The Kier molecular flexibility index (Phi) is 3.62. The van der Waals surface area contributed by atoms with Crippen LogP contribution in [0, 0.1) is 19.8 Å². The Morgan fingerprint density at radius 1 is 1.40 bits per heavy atom. The first-order valence-corrected chi connectivity index (χ1v) is 7.02. The molecule has 1 aromatic rings. The molecule has 6 heteroatoms. The predicted molar refractivity (Wildman–Crippen MR) is 75.0 cm³/mol. The second-order valence-electron chi connectivity index (χ2n) is 6.68. The second kappa shape index (κ2) is 4.84. The van der Waals surface area contributed by atoms with Crippen molar-refractivity contribution in [2.45, 2.75) is 65.1 Å². The van der Waals surface area contributed by atoms with Crippen molar-refractivity contribution in [2.75, 3.05) is 0 Å². The van der Waals surface area contributed by atoms with Gasteiger partial charge in [0.2, 0.25) is 0 Å². The lowest BCUT2D eigenvalue weighted by Crippen LogP contribution is -2.56. The van der Waals surface area contributed by atoms with Crippen LogP contribution in [0.3, 0.4) is 0 Å². The Morgan fingerprint density at radius 2 is 2.00 bits per heavy atom. The molecule has 1 aliphatic rings. The van der Waals surface area contributed by atoms with Gasteiger partial charge in [-0.3, -0.25) is 0 Å². The van der Waals surface area contributed by atoms with Gasteiger partial charge in [-0.1, -0.05) is 0 Å². The van der Waals surface area contributed by atoms with E-state index in [9.17, 15) is 4.79 Å². The fraction of sp³-hybridized carbons (Fsp3) is 0.786. The minimum absolute atomic E-state index is 0.168. The van der Waals surface area contributed by atoms with Crippen LogP contribution in [0.15, 0.2) is 0 Å². The molecule has 2 rings (SSSR count). The lowest BCUT2D eigenvalue weighted by Gasteiger charge is -2.31. The molecule has 1 aliphatic carbocycles. The van der Waals surface area contributed by atoms with E-state index in [0.717, 1.165) is 18.7 Å². The number of hydrogen-bond acceptors (Lipinski definition) is 5. The molecule has 1 unspecified atom stereocenters. The van der Waals surface area contributed by atoms with Crippen molar-refractivity contribution >= 4 is 5.97 Å². The molecular formula is C14H24N4O2. The number of aryl methyl sites for hydroxylation is 2. The molecule has 1 heterocycles. The average molecular weight is 280 g/mol. The smallest absolute Gasteiger partial charge is 0.328 e. The Labute approximate surface area is 119 Å². The van der Waals surface area contributed by atoms with Gasteiger partial charge in [0.1, 0.15) is 22.8 Å². The van der Waals surface area contributed by atoms with Gasteiger partial charge in [-0.25, -0.2) is 14.5 Å². The van der Waals surface area contributed by atoms with Crippen molar-refractivity contribution in [3.05, 3.63) is 11.6 Å². The fourth-order valence-corrected chi connectivity index (χ4v) is 2.29. The third-order valence-corrected chi connectivity index (χ3v) is 3.46. The summed E-state index contributed by atoms with van der Waals surface area (Å²) >= 11 is 0. The largest absolute Gasteiger partial charge is 0.459 e. The van der Waals surface area contributed by atoms with E-state index in [4.69, 9.17) is 10.5 Å². The summed E-state index contributed by atoms with van der Waals surface area (Å²) < 4.78 is 7.20. The molecule has 0 saturated heterocycles. The highest BCUT2D eigenvalue weighted by molar-refractivity contribution is 5.81. The molecule has 6 nitrogen and oxygen atoms in total. The van der Waals surface area contributed by atoms with E-state index in [1.54, 1.807) is 4.68 Å². The molecule has 112 valence electrons. The Bertz CT molecular complexity index is 514. The quantitative estimate of drug-likeness (QED) is 0.842. The number of ether oxygens (including phenoxy) is 1. The van der Waals surface area contributed by atoms with Gasteiger partial charge in [-0.05, 0) is 53.4 Å². The maximum Gasteiger partial charge on any atom is 0.328 e. The summed E-state index contributed by atoms with van der Waals surface area (Å²) in [6, 6.07) is 0. The van der Waals surface area contributed by atoms with Crippen LogP contribution >= 0.6 is 0 Å². The van der Waals surface area contributed by atoms with E-state index in [2.05, 4.69) is 10.1 Å². The summed E-state index contributed by atoms with van der Waals surface area (Å²) in [6.45, 7) is 9.56. The van der Waals surface area contributed by atoms with Crippen molar-refractivity contribution in [3.8, 4) is 0 Å².